The zero-order chi connectivity index (χ0) is 22.3. The molecule has 8 nitrogen and oxygen atoms in total. The fraction of sp³-hybridized carbons (Fsp3) is 0.542. The van der Waals surface area contributed by atoms with Gasteiger partial charge in [-0.05, 0) is 58.2 Å². The van der Waals surface area contributed by atoms with Gasteiger partial charge in [0.2, 0.25) is 11.9 Å². The van der Waals surface area contributed by atoms with E-state index in [-0.39, 0.29) is 22.9 Å². The van der Waals surface area contributed by atoms with Crippen LogP contribution in [0.3, 0.4) is 0 Å². The first-order chi connectivity index (χ1) is 15.4. The zero-order valence-corrected chi connectivity index (χ0v) is 18.8. The van der Waals surface area contributed by atoms with E-state index in [1.54, 1.807) is 12.4 Å². The minimum atomic E-state index is -0.783. The maximum atomic E-state index is 11.9. The van der Waals surface area contributed by atoms with Crippen LogP contribution in [0, 0.1) is 5.92 Å². The molecule has 2 aliphatic carbocycles. The Morgan fingerprint density at radius 2 is 1.78 bits per heavy atom. The van der Waals surface area contributed by atoms with Crippen LogP contribution < -0.4 is 15.5 Å². The Bertz CT molecular complexity index is 952. The van der Waals surface area contributed by atoms with Crippen LogP contribution in [0.4, 0.5) is 11.6 Å². The second-order valence-electron chi connectivity index (χ2n) is 9.75. The third-order valence-electron chi connectivity index (χ3n) is 7.56. The summed E-state index contributed by atoms with van der Waals surface area (Å²) in [5.74, 6) is 0.419. The van der Waals surface area contributed by atoms with Crippen molar-refractivity contribution in [3.63, 3.8) is 0 Å². The minimum absolute atomic E-state index is 0.00965. The Hall–Kier alpha value is -2.55. The molecule has 8 heteroatoms. The maximum Gasteiger partial charge on any atom is 0.229 e. The Morgan fingerprint density at radius 3 is 2.38 bits per heavy atom. The van der Waals surface area contributed by atoms with Crippen LogP contribution in [-0.4, -0.2) is 58.4 Å². The highest BCUT2D eigenvalue weighted by atomic mass is 16.3. The number of aliphatic hydroxyl groups is 1. The summed E-state index contributed by atoms with van der Waals surface area (Å²) in [5, 5.41) is 17.0. The summed E-state index contributed by atoms with van der Waals surface area (Å²) in [6, 6.07) is 10.7. The van der Waals surface area contributed by atoms with Gasteiger partial charge in [-0.15, -0.1) is 0 Å². The number of nitrogens with one attached hydrogen (secondary N) is 2. The number of amides is 1. The van der Waals surface area contributed by atoms with Gasteiger partial charge >= 0.3 is 0 Å². The van der Waals surface area contributed by atoms with E-state index < -0.39 is 6.35 Å². The Labute approximate surface area is 189 Å². The number of aliphatic hydroxyl groups excluding tert-OH is 1. The molecule has 3 N–H and O–H groups in total. The number of benzene rings is 1. The molecule has 1 atom stereocenters. The van der Waals surface area contributed by atoms with Crippen molar-refractivity contribution < 1.29 is 9.90 Å². The number of aromatic nitrogens is 2. The Morgan fingerprint density at radius 1 is 1.12 bits per heavy atom. The molecule has 32 heavy (non-hydrogen) atoms. The SMILES string of the molecule is CN(C)[C@]1(c2ccccc2)CC[C@]2(CC1)CN(c1cnc(NC(=O)C3CC3)nc1)C(O)N2. The van der Waals surface area contributed by atoms with E-state index in [0.717, 1.165) is 44.2 Å². The standard InChI is InChI=1S/C24H32N6O2/c1-29(2)24(18-6-4-3-5-7-18)12-10-23(11-13-24)16-30(22(32)28-23)19-14-25-21(26-15-19)27-20(31)17-8-9-17/h3-7,14-15,17,22,28,32H,8-13,16H2,1-2H3,(H,25,26,27,31)/t22?,23-,24+. The molecular formula is C24H32N6O2. The first kappa shape index (κ1) is 21.3. The molecule has 3 fully saturated rings. The smallest absolute Gasteiger partial charge is 0.229 e. The summed E-state index contributed by atoms with van der Waals surface area (Å²) in [6.45, 7) is 0.698. The van der Waals surface area contributed by atoms with Gasteiger partial charge in [0, 0.05) is 23.5 Å². The molecule has 1 aromatic heterocycles. The van der Waals surface area contributed by atoms with Crippen LogP contribution in [0.2, 0.25) is 0 Å². The van der Waals surface area contributed by atoms with E-state index in [9.17, 15) is 9.90 Å². The van der Waals surface area contributed by atoms with Gasteiger partial charge in [0.25, 0.3) is 0 Å². The number of hydrogen-bond acceptors (Lipinski definition) is 7. The molecule has 1 saturated heterocycles. The molecule has 0 bridgehead atoms. The van der Waals surface area contributed by atoms with Crippen LogP contribution in [0.15, 0.2) is 42.7 Å². The highest BCUT2D eigenvalue weighted by Crippen LogP contribution is 2.46. The maximum absolute atomic E-state index is 11.9. The molecular weight excluding hydrogens is 404 g/mol. The van der Waals surface area contributed by atoms with Gasteiger partial charge in [-0.25, -0.2) is 9.97 Å². The van der Waals surface area contributed by atoms with Gasteiger partial charge in [0.1, 0.15) is 0 Å². The highest BCUT2D eigenvalue weighted by molar-refractivity contribution is 5.92. The van der Waals surface area contributed by atoms with Crippen molar-refractivity contribution in [2.45, 2.75) is 56.0 Å². The highest BCUT2D eigenvalue weighted by Gasteiger charge is 2.50. The predicted octanol–water partition coefficient (Wildman–Crippen LogP) is 2.28. The number of nitrogens with zero attached hydrogens (tertiary/aromatic N) is 4. The van der Waals surface area contributed by atoms with Crippen LogP contribution >= 0.6 is 0 Å². The van der Waals surface area contributed by atoms with E-state index >= 15 is 0 Å². The molecule has 2 aromatic rings. The molecule has 5 rings (SSSR count). The fourth-order valence-corrected chi connectivity index (χ4v) is 5.32. The summed E-state index contributed by atoms with van der Waals surface area (Å²) >= 11 is 0. The second-order valence-corrected chi connectivity index (χ2v) is 9.75. The van der Waals surface area contributed by atoms with Gasteiger partial charge < -0.3 is 10.0 Å². The minimum Gasteiger partial charge on any atom is -0.361 e. The monoisotopic (exact) mass is 436 g/mol. The van der Waals surface area contributed by atoms with E-state index in [1.165, 1.54) is 5.56 Å². The number of anilines is 2. The first-order valence-electron chi connectivity index (χ1n) is 11.5. The zero-order valence-electron chi connectivity index (χ0n) is 18.8. The van der Waals surface area contributed by atoms with Crippen molar-refractivity contribution in [1.82, 2.24) is 20.2 Å². The quantitative estimate of drug-likeness (QED) is 0.662. The molecule has 1 aliphatic heterocycles. The molecule has 170 valence electrons. The van der Waals surface area contributed by atoms with Crippen molar-refractivity contribution in [3.05, 3.63) is 48.3 Å². The molecule has 1 aromatic carbocycles. The summed E-state index contributed by atoms with van der Waals surface area (Å²) in [4.78, 5) is 24.8. The van der Waals surface area contributed by atoms with Gasteiger partial charge in [-0.3, -0.25) is 20.3 Å². The van der Waals surface area contributed by atoms with E-state index in [1.807, 2.05) is 4.90 Å². The van der Waals surface area contributed by atoms with Crippen molar-refractivity contribution in [3.8, 4) is 0 Å². The Kier molecular flexibility index (Phi) is 5.39. The predicted molar refractivity (Wildman–Crippen MR) is 123 cm³/mol. The molecule has 3 aliphatic rings. The van der Waals surface area contributed by atoms with Crippen molar-refractivity contribution in [2.75, 3.05) is 30.9 Å². The van der Waals surface area contributed by atoms with Crippen molar-refractivity contribution in [2.24, 2.45) is 5.92 Å². The first-order valence-corrected chi connectivity index (χ1v) is 11.5. The largest absolute Gasteiger partial charge is 0.361 e. The molecule has 1 unspecified atom stereocenters. The number of carbonyl (C=O) groups excluding carboxylic acids is 1. The summed E-state index contributed by atoms with van der Waals surface area (Å²) < 4.78 is 0. The lowest BCUT2D eigenvalue weighted by Crippen LogP contribution is -2.54. The lowest BCUT2D eigenvalue weighted by atomic mass is 9.69. The van der Waals surface area contributed by atoms with Crippen LogP contribution in [-0.2, 0) is 10.3 Å². The van der Waals surface area contributed by atoms with Crippen LogP contribution in [0.1, 0.15) is 44.1 Å². The van der Waals surface area contributed by atoms with Gasteiger partial charge in [0.15, 0.2) is 6.35 Å². The summed E-state index contributed by atoms with van der Waals surface area (Å²) in [7, 11) is 4.32. The lowest BCUT2D eigenvalue weighted by Gasteiger charge is -2.49. The van der Waals surface area contributed by atoms with Gasteiger partial charge in [0.05, 0.1) is 18.1 Å². The Balaban J connectivity index is 1.27. The molecule has 1 spiro atoms. The summed E-state index contributed by atoms with van der Waals surface area (Å²) in [5.41, 5.74) is 1.97. The average molecular weight is 437 g/mol. The van der Waals surface area contributed by atoms with Crippen molar-refractivity contribution >= 4 is 17.5 Å². The third-order valence-corrected chi connectivity index (χ3v) is 7.56. The number of hydrogen-bond donors (Lipinski definition) is 3. The van der Waals surface area contributed by atoms with Gasteiger partial charge in [-0.1, -0.05) is 30.3 Å². The molecule has 1 amide bonds. The second kappa shape index (κ2) is 8.10. The molecule has 2 saturated carbocycles. The number of carbonyl (C=O) groups is 1. The lowest BCUT2D eigenvalue weighted by molar-refractivity contribution is -0.117. The number of rotatable bonds is 5. The van der Waals surface area contributed by atoms with Crippen LogP contribution in [0.25, 0.3) is 0 Å². The normalized spacial score (nSPS) is 30.1. The third kappa shape index (κ3) is 3.87. The summed E-state index contributed by atoms with van der Waals surface area (Å²) in [6.07, 6.45) is 8.41. The van der Waals surface area contributed by atoms with E-state index in [0.29, 0.717) is 12.5 Å². The van der Waals surface area contributed by atoms with Gasteiger partial charge in [-0.2, -0.15) is 0 Å². The molecule has 2 heterocycles. The van der Waals surface area contributed by atoms with Crippen LogP contribution in [0.5, 0.6) is 0 Å². The van der Waals surface area contributed by atoms with E-state index in [4.69, 9.17) is 0 Å². The van der Waals surface area contributed by atoms with E-state index in [2.05, 4.69) is 69.9 Å². The molecule has 0 radical (unpaired) electrons. The fourth-order valence-electron chi connectivity index (χ4n) is 5.32. The average Bonchev–Trinajstić information content (AvgIpc) is 3.60. The van der Waals surface area contributed by atoms with Crippen molar-refractivity contribution in [1.29, 1.82) is 0 Å². The topological polar surface area (TPSA) is 93.6 Å².